The number of aryl methyl sites for hydroxylation is 1. The second kappa shape index (κ2) is 8.05. The molecule has 2 aromatic heterocycles. The molecule has 4 rings (SSSR count). The van der Waals surface area contributed by atoms with E-state index in [9.17, 15) is 21.6 Å². The summed E-state index contributed by atoms with van der Waals surface area (Å²) >= 11 is 1.27. The minimum absolute atomic E-state index is 0.162. The van der Waals surface area contributed by atoms with Crippen molar-refractivity contribution in [3.63, 3.8) is 0 Å². The van der Waals surface area contributed by atoms with E-state index >= 15 is 0 Å². The third-order valence-corrected chi connectivity index (χ3v) is 7.55. The van der Waals surface area contributed by atoms with Crippen LogP contribution in [-0.2, 0) is 28.2 Å². The van der Waals surface area contributed by atoms with E-state index in [1.165, 1.54) is 29.7 Å². The van der Waals surface area contributed by atoms with Gasteiger partial charge in [-0.25, -0.2) is 13.4 Å². The van der Waals surface area contributed by atoms with Crippen molar-refractivity contribution in [3.05, 3.63) is 76.4 Å². The Bertz CT molecular complexity index is 1350. The molecule has 0 saturated heterocycles. The first-order chi connectivity index (χ1) is 14.7. The summed E-state index contributed by atoms with van der Waals surface area (Å²) in [5.41, 5.74) is 0.936. The average molecular weight is 463 g/mol. The number of nitrogens with zero attached hydrogens (tertiary/aromatic N) is 2. The van der Waals surface area contributed by atoms with Crippen LogP contribution < -0.4 is 0 Å². The summed E-state index contributed by atoms with van der Waals surface area (Å²) in [7, 11) is -3.58. The largest absolute Gasteiger partial charge is 0.416 e. The molecule has 0 aliphatic rings. The lowest BCUT2D eigenvalue weighted by Crippen LogP contribution is -2.06. The molecule has 9 heteroatoms. The van der Waals surface area contributed by atoms with E-state index in [2.05, 4.69) is 9.97 Å². The summed E-state index contributed by atoms with van der Waals surface area (Å²) in [6.45, 7) is 1.79. The van der Waals surface area contributed by atoms with Crippen LogP contribution in [0.1, 0.15) is 23.1 Å². The fourth-order valence-corrected chi connectivity index (χ4v) is 5.71. The van der Waals surface area contributed by atoms with E-state index in [-0.39, 0.29) is 10.6 Å². The summed E-state index contributed by atoms with van der Waals surface area (Å²) < 4.78 is 64.9. The van der Waals surface area contributed by atoms with Crippen LogP contribution in [0.15, 0.2) is 65.1 Å². The summed E-state index contributed by atoms with van der Waals surface area (Å²) in [5.74, 6) is -0.187. The molecule has 0 unspecified atom stereocenters. The number of fused-ring (bicyclic) bond motifs is 1. The maximum absolute atomic E-state index is 13.1. The molecular formula is C22H17F3N2O2S2. The van der Waals surface area contributed by atoms with Crippen LogP contribution >= 0.6 is 11.3 Å². The van der Waals surface area contributed by atoms with Crippen LogP contribution in [0.5, 0.6) is 0 Å². The lowest BCUT2D eigenvalue weighted by Gasteiger charge is -2.14. The molecule has 0 atom stereocenters. The van der Waals surface area contributed by atoms with Gasteiger partial charge in [0.05, 0.1) is 16.2 Å². The van der Waals surface area contributed by atoms with Gasteiger partial charge in [-0.3, -0.25) is 4.98 Å². The van der Waals surface area contributed by atoms with Gasteiger partial charge in [-0.1, -0.05) is 19.1 Å². The number of pyridine rings is 1. The highest BCUT2D eigenvalue weighted by Crippen LogP contribution is 2.36. The molecule has 2 heterocycles. The Hall–Kier alpha value is -2.78. The van der Waals surface area contributed by atoms with Gasteiger partial charge < -0.3 is 0 Å². The van der Waals surface area contributed by atoms with Crippen molar-refractivity contribution in [2.24, 2.45) is 0 Å². The van der Waals surface area contributed by atoms with E-state index in [0.717, 1.165) is 12.1 Å². The lowest BCUT2D eigenvalue weighted by molar-refractivity contribution is -0.137. The van der Waals surface area contributed by atoms with Gasteiger partial charge in [0.2, 0.25) is 0 Å². The van der Waals surface area contributed by atoms with Crippen molar-refractivity contribution in [2.45, 2.75) is 30.2 Å². The van der Waals surface area contributed by atoms with Crippen LogP contribution in [-0.4, -0.2) is 18.4 Å². The number of rotatable bonds is 5. The number of alkyl halides is 3. The van der Waals surface area contributed by atoms with Crippen molar-refractivity contribution in [1.82, 2.24) is 9.97 Å². The SMILES string of the molecule is CCc1cc(C(F)(F)F)ccc1-c1nccc2cc(S(=O)(=O)Cc3nccs3)ccc12. The minimum Gasteiger partial charge on any atom is -0.256 e. The minimum atomic E-state index is -4.42. The van der Waals surface area contributed by atoms with E-state index < -0.39 is 21.6 Å². The molecule has 0 aliphatic heterocycles. The highest BCUT2D eigenvalue weighted by Gasteiger charge is 2.31. The van der Waals surface area contributed by atoms with Crippen LogP contribution in [0.25, 0.3) is 22.0 Å². The quantitative estimate of drug-likeness (QED) is 0.370. The number of aromatic nitrogens is 2. The van der Waals surface area contributed by atoms with E-state index in [4.69, 9.17) is 0 Å². The van der Waals surface area contributed by atoms with E-state index in [0.29, 0.717) is 39.0 Å². The molecule has 0 N–H and O–H groups in total. The highest BCUT2D eigenvalue weighted by molar-refractivity contribution is 7.90. The van der Waals surface area contributed by atoms with Gasteiger partial charge in [0.15, 0.2) is 9.84 Å². The molecule has 0 bridgehead atoms. The Morgan fingerprint density at radius 2 is 1.81 bits per heavy atom. The third kappa shape index (κ3) is 4.33. The number of hydrogen-bond acceptors (Lipinski definition) is 5. The van der Waals surface area contributed by atoms with Gasteiger partial charge in [-0.2, -0.15) is 13.2 Å². The summed E-state index contributed by atoms with van der Waals surface area (Å²) in [6.07, 6.45) is -0.928. The summed E-state index contributed by atoms with van der Waals surface area (Å²) in [6, 6.07) is 10.0. The molecule has 31 heavy (non-hydrogen) atoms. The number of benzene rings is 2. The fraction of sp³-hybridized carbons (Fsp3) is 0.182. The van der Waals surface area contributed by atoms with E-state index in [1.54, 1.807) is 36.7 Å². The Kier molecular flexibility index (Phi) is 5.57. The maximum Gasteiger partial charge on any atom is 0.416 e. The highest BCUT2D eigenvalue weighted by atomic mass is 32.2. The monoisotopic (exact) mass is 462 g/mol. The van der Waals surface area contributed by atoms with Gasteiger partial charge in [0.1, 0.15) is 10.8 Å². The van der Waals surface area contributed by atoms with Crippen LogP contribution in [0.3, 0.4) is 0 Å². The number of thiazole rings is 1. The predicted octanol–water partition coefficient (Wildman–Crippen LogP) is 5.91. The second-order valence-electron chi connectivity index (χ2n) is 6.95. The molecule has 0 aliphatic carbocycles. The predicted molar refractivity (Wildman–Crippen MR) is 115 cm³/mol. The van der Waals surface area contributed by atoms with Gasteiger partial charge >= 0.3 is 6.18 Å². The molecule has 0 amide bonds. The van der Waals surface area contributed by atoms with Gasteiger partial charge in [-0.05, 0) is 47.7 Å². The second-order valence-corrected chi connectivity index (χ2v) is 9.92. The molecule has 4 nitrogen and oxygen atoms in total. The van der Waals surface area contributed by atoms with Crippen molar-refractivity contribution in [3.8, 4) is 11.3 Å². The van der Waals surface area contributed by atoms with E-state index in [1.807, 2.05) is 0 Å². The first-order valence-corrected chi connectivity index (χ1v) is 11.9. The molecule has 2 aromatic carbocycles. The third-order valence-electron chi connectivity index (χ3n) is 4.96. The Morgan fingerprint density at radius 3 is 2.48 bits per heavy atom. The van der Waals surface area contributed by atoms with Crippen molar-refractivity contribution < 1.29 is 21.6 Å². The first-order valence-electron chi connectivity index (χ1n) is 9.39. The number of halogens is 3. The lowest BCUT2D eigenvalue weighted by atomic mass is 9.96. The van der Waals surface area contributed by atoms with Crippen molar-refractivity contribution >= 4 is 31.9 Å². The maximum atomic E-state index is 13.1. The Morgan fingerprint density at radius 1 is 1.00 bits per heavy atom. The van der Waals surface area contributed by atoms with Gasteiger partial charge in [0, 0.05) is 28.7 Å². The molecule has 4 aromatic rings. The van der Waals surface area contributed by atoms with Crippen LogP contribution in [0.2, 0.25) is 0 Å². The zero-order valence-electron chi connectivity index (χ0n) is 16.3. The zero-order valence-corrected chi connectivity index (χ0v) is 18.0. The standard InChI is InChI=1S/C22H17F3N2O2S2/c1-2-14-11-16(22(23,24)25)3-5-18(14)21-19-6-4-17(12-15(19)7-8-27-21)31(28,29)13-20-26-9-10-30-20/h3-12H,2,13H2,1H3. The summed E-state index contributed by atoms with van der Waals surface area (Å²) in [4.78, 5) is 8.59. The topological polar surface area (TPSA) is 59.9 Å². The Labute approximate surface area is 181 Å². The van der Waals surface area contributed by atoms with Crippen molar-refractivity contribution in [2.75, 3.05) is 0 Å². The average Bonchev–Trinajstić information content (AvgIpc) is 3.24. The zero-order chi connectivity index (χ0) is 22.2. The van der Waals surface area contributed by atoms with Gasteiger partial charge in [-0.15, -0.1) is 11.3 Å². The number of hydrogen-bond donors (Lipinski definition) is 0. The molecular weight excluding hydrogens is 445 g/mol. The smallest absolute Gasteiger partial charge is 0.256 e. The number of sulfone groups is 1. The molecule has 160 valence electrons. The normalized spacial score (nSPS) is 12.4. The molecule has 0 spiro atoms. The molecule has 0 fully saturated rings. The molecule has 0 radical (unpaired) electrons. The van der Waals surface area contributed by atoms with Crippen LogP contribution in [0.4, 0.5) is 13.2 Å². The van der Waals surface area contributed by atoms with Crippen molar-refractivity contribution in [1.29, 1.82) is 0 Å². The summed E-state index contributed by atoms with van der Waals surface area (Å²) in [5, 5.41) is 3.55. The first kappa shape index (κ1) is 21.5. The Balaban J connectivity index is 1.79. The molecule has 0 saturated carbocycles. The van der Waals surface area contributed by atoms with Gasteiger partial charge in [0.25, 0.3) is 0 Å². The van der Waals surface area contributed by atoms with Crippen LogP contribution in [0, 0.1) is 0 Å². The fourth-order valence-electron chi connectivity index (χ4n) is 3.43.